The molecule has 1 aromatic carbocycles. The van der Waals surface area contributed by atoms with E-state index < -0.39 is 4.92 Å². The van der Waals surface area contributed by atoms with E-state index in [1.54, 1.807) is 37.5 Å². The molecule has 0 radical (unpaired) electrons. The van der Waals surface area contributed by atoms with Gasteiger partial charge in [-0.1, -0.05) is 6.92 Å². The Bertz CT molecular complexity index is 879. The van der Waals surface area contributed by atoms with Gasteiger partial charge in [0.2, 0.25) is 0 Å². The fourth-order valence-electron chi connectivity index (χ4n) is 3.42. The van der Waals surface area contributed by atoms with Gasteiger partial charge in [0, 0.05) is 19.3 Å². The normalized spacial score (nSPS) is 15.1. The van der Waals surface area contributed by atoms with Crippen LogP contribution in [0.3, 0.4) is 0 Å². The number of nitro benzene ring substituents is 1. The molecule has 1 aromatic heterocycles. The Labute approximate surface area is 170 Å². The van der Waals surface area contributed by atoms with Crippen LogP contribution in [0.2, 0.25) is 0 Å². The van der Waals surface area contributed by atoms with Crippen molar-refractivity contribution in [3.8, 4) is 11.5 Å². The topological polar surface area (TPSA) is 97.6 Å². The molecule has 1 aliphatic heterocycles. The summed E-state index contributed by atoms with van der Waals surface area (Å²) in [5.74, 6) is 1.69. The number of hydrogen-bond donors (Lipinski definition) is 1. The molecule has 0 spiro atoms. The molecule has 2 heterocycles. The van der Waals surface area contributed by atoms with Gasteiger partial charge in [0.1, 0.15) is 17.2 Å². The monoisotopic (exact) mass is 398 g/mol. The zero-order chi connectivity index (χ0) is 20.8. The van der Waals surface area contributed by atoms with Crippen LogP contribution in [0.25, 0.3) is 0 Å². The van der Waals surface area contributed by atoms with Gasteiger partial charge in [-0.3, -0.25) is 24.8 Å². The lowest BCUT2D eigenvalue weighted by Crippen LogP contribution is -2.37. The van der Waals surface area contributed by atoms with E-state index in [4.69, 9.17) is 4.74 Å². The number of nitrogens with one attached hydrogen (secondary N) is 1. The highest BCUT2D eigenvalue weighted by molar-refractivity contribution is 5.82. The summed E-state index contributed by atoms with van der Waals surface area (Å²) < 4.78 is 5.76. The standard InChI is InChI=1S/C21H26N4O4/c1-15-6-9-24(10-7-15)14-17(26)11-16-12-19(5-8-23-16)29-18-3-4-20(22-2)21(13-18)25(27)28/h3-5,8,12-13,15,22H,6-7,9-11,14H2,1-2H3. The van der Waals surface area contributed by atoms with Crippen LogP contribution in [0.1, 0.15) is 25.5 Å². The fourth-order valence-corrected chi connectivity index (χ4v) is 3.42. The number of nitro groups is 1. The summed E-state index contributed by atoms with van der Waals surface area (Å²) in [4.78, 5) is 29.6. The maximum absolute atomic E-state index is 12.4. The molecule has 154 valence electrons. The third-order valence-corrected chi connectivity index (χ3v) is 5.11. The Morgan fingerprint density at radius 2 is 2.00 bits per heavy atom. The summed E-state index contributed by atoms with van der Waals surface area (Å²) in [5, 5.41) is 14.0. The zero-order valence-electron chi connectivity index (χ0n) is 16.8. The van der Waals surface area contributed by atoms with Gasteiger partial charge >= 0.3 is 0 Å². The zero-order valence-corrected chi connectivity index (χ0v) is 16.8. The number of rotatable bonds is 8. The summed E-state index contributed by atoms with van der Waals surface area (Å²) in [7, 11) is 1.62. The van der Waals surface area contributed by atoms with E-state index in [2.05, 4.69) is 22.1 Å². The Morgan fingerprint density at radius 1 is 1.28 bits per heavy atom. The van der Waals surface area contributed by atoms with E-state index in [0.29, 0.717) is 29.4 Å². The molecule has 0 bridgehead atoms. The first kappa shape index (κ1) is 20.7. The van der Waals surface area contributed by atoms with Crippen LogP contribution in [-0.2, 0) is 11.2 Å². The lowest BCUT2D eigenvalue weighted by molar-refractivity contribution is -0.384. The Kier molecular flexibility index (Phi) is 6.77. The Balaban J connectivity index is 1.63. The van der Waals surface area contributed by atoms with Gasteiger partial charge < -0.3 is 10.1 Å². The second-order valence-corrected chi connectivity index (χ2v) is 7.45. The summed E-state index contributed by atoms with van der Waals surface area (Å²) in [6, 6.07) is 7.99. The largest absolute Gasteiger partial charge is 0.457 e. The van der Waals surface area contributed by atoms with Gasteiger partial charge in [-0.05, 0) is 50.0 Å². The highest BCUT2D eigenvalue weighted by Crippen LogP contribution is 2.31. The van der Waals surface area contributed by atoms with Crippen molar-refractivity contribution in [2.24, 2.45) is 5.92 Å². The molecule has 2 aromatic rings. The third-order valence-electron chi connectivity index (χ3n) is 5.11. The summed E-state index contributed by atoms with van der Waals surface area (Å²) in [5.41, 5.74) is 0.972. The first-order valence-corrected chi connectivity index (χ1v) is 9.77. The molecule has 3 rings (SSSR count). The Morgan fingerprint density at radius 3 is 2.69 bits per heavy atom. The van der Waals surface area contributed by atoms with Gasteiger partial charge in [0.05, 0.1) is 29.6 Å². The number of nitrogens with zero attached hydrogens (tertiary/aromatic N) is 3. The molecular formula is C21H26N4O4. The number of ketones is 1. The van der Waals surface area contributed by atoms with Crippen molar-refractivity contribution < 1.29 is 14.5 Å². The van der Waals surface area contributed by atoms with Crippen LogP contribution >= 0.6 is 0 Å². The number of carbonyl (C=O) groups excluding carboxylic acids is 1. The molecule has 8 heteroatoms. The van der Waals surface area contributed by atoms with Gasteiger partial charge in [0.25, 0.3) is 5.69 Å². The van der Waals surface area contributed by atoms with Crippen LogP contribution in [0.15, 0.2) is 36.5 Å². The molecule has 1 saturated heterocycles. The molecule has 1 fully saturated rings. The van der Waals surface area contributed by atoms with Gasteiger partial charge in [-0.15, -0.1) is 0 Å². The van der Waals surface area contributed by atoms with Crippen LogP contribution in [0, 0.1) is 16.0 Å². The number of aromatic nitrogens is 1. The minimum absolute atomic E-state index is 0.0645. The lowest BCUT2D eigenvalue weighted by atomic mass is 9.99. The first-order valence-electron chi connectivity index (χ1n) is 9.77. The predicted molar refractivity (Wildman–Crippen MR) is 111 cm³/mol. The molecule has 0 aliphatic carbocycles. The molecule has 0 saturated carbocycles. The quantitative estimate of drug-likeness (QED) is 0.535. The number of anilines is 1. The van der Waals surface area contributed by atoms with Gasteiger partial charge in [0.15, 0.2) is 5.78 Å². The highest BCUT2D eigenvalue weighted by atomic mass is 16.6. The average molecular weight is 398 g/mol. The number of piperidine rings is 1. The van der Waals surface area contributed by atoms with Crippen LogP contribution < -0.4 is 10.1 Å². The second-order valence-electron chi connectivity index (χ2n) is 7.45. The minimum Gasteiger partial charge on any atom is -0.457 e. The van der Waals surface area contributed by atoms with Gasteiger partial charge in [-0.25, -0.2) is 0 Å². The van der Waals surface area contributed by atoms with Crippen molar-refractivity contribution in [2.75, 3.05) is 32.0 Å². The number of Topliss-reactive ketones (excluding diaryl/α,β-unsaturated/α-hetero) is 1. The smallest absolute Gasteiger partial charge is 0.296 e. The van der Waals surface area contributed by atoms with E-state index >= 15 is 0 Å². The van der Waals surface area contributed by atoms with E-state index in [1.807, 2.05) is 0 Å². The Hall–Kier alpha value is -3.00. The number of likely N-dealkylation sites (tertiary alicyclic amines) is 1. The molecule has 29 heavy (non-hydrogen) atoms. The van der Waals surface area contributed by atoms with Gasteiger partial charge in [-0.2, -0.15) is 0 Å². The molecule has 8 nitrogen and oxygen atoms in total. The summed E-state index contributed by atoms with van der Waals surface area (Å²) in [6.45, 7) is 4.61. The predicted octanol–water partition coefficient (Wildman–Crippen LogP) is 3.67. The molecule has 0 unspecified atom stereocenters. The van der Waals surface area contributed by atoms with Crippen molar-refractivity contribution in [1.29, 1.82) is 0 Å². The van der Waals surface area contributed by atoms with Crippen LogP contribution in [0.5, 0.6) is 11.5 Å². The maximum atomic E-state index is 12.4. The SMILES string of the molecule is CNc1ccc(Oc2ccnc(CC(=O)CN3CCC(C)CC3)c2)cc1[N+](=O)[O-]. The number of pyridine rings is 1. The number of benzene rings is 1. The number of ether oxygens (including phenoxy) is 1. The van der Waals surface area contributed by atoms with E-state index in [9.17, 15) is 14.9 Å². The van der Waals surface area contributed by atoms with E-state index in [-0.39, 0.29) is 17.9 Å². The maximum Gasteiger partial charge on any atom is 0.296 e. The fraction of sp³-hybridized carbons (Fsp3) is 0.429. The van der Waals surface area contributed by atoms with Crippen molar-refractivity contribution in [2.45, 2.75) is 26.2 Å². The second kappa shape index (κ2) is 9.47. The molecule has 0 amide bonds. The van der Waals surface area contributed by atoms with E-state index in [1.165, 1.54) is 6.07 Å². The van der Waals surface area contributed by atoms with E-state index in [0.717, 1.165) is 31.8 Å². The minimum atomic E-state index is -0.462. The number of carbonyl (C=O) groups is 1. The highest BCUT2D eigenvalue weighted by Gasteiger charge is 2.19. The lowest BCUT2D eigenvalue weighted by Gasteiger charge is -2.29. The van der Waals surface area contributed by atoms with Crippen molar-refractivity contribution >= 4 is 17.2 Å². The van der Waals surface area contributed by atoms with Crippen molar-refractivity contribution in [3.05, 3.63) is 52.3 Å². The molecule has 1 aliphatic rings. The molecular weight excluding hydrogens is 372 g/mol. The number of hydrogen-bond acceptors (Lipinski definition) is 7. The van der Waals surface area contributed by atoms with Crippen LogP contribution in [-0.4, -0.2) is 47.3 Å². The first-order chi connectivity index (χ1) is 13.9. The average Bonchev–Trinajstić information content (AvgIpc) is 2.70. The molecule has 1 N–H and O–H groups in total. The third kappa shape index (κ3) is 5.74. The summed E-state index contributed by atoms with van der Waals surface area (Å²) >= 11 is 0. The molecule has 0 atom stereocenters. The van der Waals surface area contributed by atoms with Crippen molar-refractivity contribution in [1.82, 2.24) is 9.88 Å². The van der Waals surface area contributed by atoms with Crippen molar-refractivity contribution in [3.63, 3.8) is 0 Å². The van der Waals surface area contributed by atoms with Crippen LogP contribution in [0.4, 0.5) is 11.4 Å². The summed E-state index contributed by atoms with van der Waals surface area (Å²) in [6.07, 6.45) is 4.08.